The highest BCUT2D eigenvalue weighted by Crippen LogP contribution is 2.30. The van der Waals surface area contributed by atoms with Gasteiger partial charge in [0.15, 0.2) is 5.16 Å². The van der Waals surface area contributed by atoms with Crippen LogP contribution in [0.25, 0.3) is 5.70 Å². The minimum atomic E-state index is 0.803. The third-order valence-corrected chi connectivity index (χ3v) is 5.26. The lowest BCUT2D eigenvalue weighted by Gasteiger charge is -2.16. The standard InChI is InChI=1S/C19H22ClN3S/c1-4-18-21-22-19(23(18)17-7-5-6-16(20)11-17)24-12-15-9-13(2)8-14(3)10-15/h6,8-11H,4-5,7,12H2,1-3H3. The molecule has 5 heteroatoms. The van der Waals surface area contributed by atoms with Crippen LogP contribution in [-0.4, -0.2) is 14.8 Å². The summed E-state index contributed by atoms with van der Waals surface area (Å²) >= 11 is 7.94. The summed E-state index contributed by atoms with van der Waals surface area (Å²) in [7, 11) is 0. The SMILES string of the molecule is CCc1nnc(SCc2cc(C)cc(C)c2)n1C1=CC(Cl)=CCC1. The molecule has 2 aromatic rings. The lowest BCUT2D eigenvalue weighted by Crippen LogP contribution is -2.06. The van der Waals surface area contributed by atoms with Crippen molar-refractivity contribution in [2.45, 2.75) is 50.9 Å². The number of allylic oxidation sites excluding steroid dienone is 4. The maximum atomic E-state index is 6.21. The van der Waals surface area contributed by atoms with Crippen molar-refractivity contribution in [2.24, 2.45) is 0 Å². The molecule has 0 saturated heterocycles. The van der Waals surface area contributed by atoms with Gasteiger partial charge in [-0.1, -0.05) is 65.7 Å². The average molecular weight is 360 g/mol. The molecule has 0 bridgehead atoms. The van der Waals surface area contributed by atoms with Crippen molar-refractivity contribution in [3.8, 4) is 0 Å². The first-order valence-corrected chi connectivity index (χ1v) is 9.64. The molecule has 3 nitrogen and oxygen atoms in total. The van der Waals surface area contributed by atoms with Gasteiger partial charge in [-0.3, -0.25) is 4.57 Å². The van der Waals surface area contributed by atoms with Gasteiger partial charge in [0.05, 0.1) is 0 Å². The molecule has 0 saturated carbocycles. The number of aromatic nitrogens is 3. The minimum absolute atomic E-state index is 0.803. The summed E-state index contributed by atoms with van der Waals surface area (Å²) < 4.78 is 2.18. The number of halogens is 1. The third-order valence-electron chi connectivity index (χ3n) is 4.00. The van der Waals surface area contributed by atoms with Gasteiger partial charge < -0.3 is 0 Å². The molecule has 0 aliphatic heterocycles. The fourth-order valence-corrected chi connectivity index (χ4v) is 4.18. The Morgan fingerprint density at radius 1 is 1.17 bits per heavy atom. The molecule has 1 aromatic heterocycles. The summed E-state index contributed by atoms with van der Waals surface area (Å²) in [5.41, 5.74) is 5.11. The molecule has 24 heavy (non-hydrogen) atoms. The van der Waals surface area contributed by atoms with Crippen LogP contribution in [0.15, 0.2) is 40.5 Å². The van der Waals surface area contributed by atoms with Gasteiger partial charge in [-0.2, -0.15) is 0 Å². The Hall–Kier alpha value is -1.52. The van der Waals surface area contributed by atoms with Crippen LogP contribution in [0.2, 0.25) is 0 Å². The van der Waals surface area contributed by atoms with Crippen LogP contribution in [0.4, 0.5) is 0 Å². The number of rotatable bonds is 5. The molecule has 0 radical (unpaired) electrons. The number of hydrogen-bond acceptors (Lipinski definition) is 3. The van der Waals surface area contributed by atoms with Crippen molar-refractivity contribution in [2.75, 3.05) is 0 Å². The molecule has 0 fully saturated rings. The zero-order valence-corrected chi connectivity index (χ0v) is 15.9. The van der Waals surface area contributed by atoms with E-state index in [4.69, 9.17) is 11.6 Å². The molecule has 0 unspecified atom stereocenters. The molecule has 0 N–H and O–H groups in total. The summed E-state index contributed by atoms with van der Waals surface area (Å²) in [5.74, 6) is 1.89. The molecular weight excluding hydrogens is 338 g/mol. The monoisotopic (exact) mass is 359 g/mol. The zero-order valence-electron chi connectivity index (χ0n) is 14.3. The van der Waals surface area contributed by atoms with Crippen molar-refractivity contribution in [3.63, 3.8) is 0 Å². The molecule has 126 valence electrons. The van der Waals surface area contributed by atoms with Crippen molar-refractivity contribution in [1.29, 1.82) is 0 Å². The van der Waals surface area contributed by atoms with Crippen LogP contribution in [0.1, 0.15) is 42.3 Å². The van der Waals surface area contributed by atoms with Crippen LogP contribution in [-0.2, 0) is 12.2 Å². The molecule has 1 aliphatic carbocycles. The van der Waals surface area contributed by atoms with E-state index in [1.165, 1.54) is 22.4 Å². The molecule has 0 atom stereocenters. The number of nitrogens with zero attached hydrogens (tertiary/aromatic N) is 3. The van der Waals surface area contributed by atoms with Gasteiger partial charge in [-0.25, -0.2) is 0 Å². The Kier molecular flexibility index (Phi) is 5.47. The second-order valence-corrected chi connectivity index (χ2v) is 7.51. The fourth-order valence-electron chi connectivity index (χ4n) is 3.04. The van der Waals surface area contributed by atoms with Crippen molar-refractivity contribution in [1.82, 2.24) is 14.8 Å². The zero-order chi connectivity index (χ0) is 17.1. The highest BCUT2D eigenvalue weighted by Gasteiger charge is 2.17. The topological polar surface area (TPSA) is 30.7 Å². The van der Waals surface area contributed by atoms with Crippen LogP contribution in [0.3, 0.4) is 0 Å². The van der Waals surface area contributed by atoms with Crippen molar-refractivity contribution in [3.05, 3.63) is 57.9 Å². The Labute approximate surface area is 152 Å². The first-order chi connectivity index (χ1) is 11.6. The lowest BCUT2D eigenvalue weighted by atomic mass is 10.1. The quantitative estimate of drug-likeness (QED) is 0.660. The largest absolute Gasteiger partial charge is 0.278 e. The molecule has 0 spiro atoms. The minimum Gasteiger partial charge on any atom is -0.278 e. The normalized spacial score (nSPS) is 14.5. The van der Waals surface area contributed by atoms with E-state index in [0.717, 1.165) is 41.0 Å². The molecule has 3 rings (SSSR count). The van der Waals surface area contributed by atoms with Crippen LogP contribution >= 0.6 is 23.4 Å². The van der Waals surface area contributed by atoms with Crippen LogP contribution < -0.4 is 0 Å². The van der Waals surface area contributed by atoms with E-state index in [1.54, 1.807) is 11.8 Å². The highest BCUT2D eigenvalue weighted by atomic mass is 35.5. The van der Waals surface area contributed by atoms with E-state index in [2.05, 4.69) is 59.8 Å². The van der Waals surface area contributed by atoms with E-state index >= 15 is 0 Å². The first-order valence-electron chi connectivity index (χ1n) is 8.27. The van der Waals surface area contributed by atoms with Crippen LogP contribution in [0, 0.1) is 13.8 Å². The van der Waals surface area contributed by atoms with E-state index in [1.807, 2.05) is 6.08 Å². The maximum absolute atomic E-state index is 6.21. The Morgan fingerprint density at radius 2 is 1.92 bits per heavy atom. The number of aryl methyl sites for hydroxylation is 3. The summed E-state index contributed by atoms with van der Waals surface area (Å²) in [5, 5.41) is 10.5. The second-order valence-electron chi connectivity index (χ2n) is 6.14. The van der Waals surface area contributed by atoms with E-state index in [-0.39, 0.29) is 0 Å². The van der Waals surface area contributed by atoms with Gasteiger partial charge in [0.2, 0.25) is 0 Å². The average Bonchev–Trinajstić information content (AvgIpc) is 2.95. The number of benzene rings is 1. The summed E-state index contributed by atoms with van der Waals surface area (Å²) in [6.07, 6.45) is 6.89. The number of thioether (sulfide) groups is 1. The van der Waals surface area contributed by atoms with E-state index in [9.17, 15) is 0 Å². The molecule has 1 heterocycles. The Morgan fingerprint density at radius 3 is 2.58 bits per heavy atom. The predicted molar refractivity (Wildman–Crippen MR) is 102 cm³/mol. The Bertz CT molecular complexity index is 785. The second kappa shape index (κ2) is 7.58. The lowest BCUT2D eigenvalue weighted by molar-refractivity contribution is 0.808. The van der Waals surface area contributed by atoms with E-state index < -0.39 is 0 Å². The maximum Gasteiger partial charge on any atom is 0.195 e. The molecule has 0 amide bonds. The summed E-state index contributed by atoms with van der Waals surface area (Å²) in [4.78, 5) is 0. The van der Waals surface area contributed by atoms with Gasteiger partial charge in [0.25, 0.3) is 0 Å². The summed E-state index contributed by atoms with van der Waals surface area (Å²) in [6, 6.07) is 6.68. The third kappa shape index (κ3) is 3.93. The van der Waals surface area contributed by atoms with Gasteiger partial charge in [-0.15, -0.1) is 10.2 Å². The Balaban J connectivity index is 1.86. The van der Waals surface area contributed by atoms with Gasteiger partial charge in [0, 0.05) is 22.9 Å². The van der Waals surface area contributed by atoms with Gasteiger partial charge in [0.1, 0.15) is 5.82 Å². The van der Waals surface area contributed by atoms with Crippen LogP contribution in [0.5, 0.6) is 0 Å². The van der Waals surface area contributed by atoms with Gasteiger partial charge >= 0.3 is 0 Å². The smallest absolute Gasteiger partial charge is 0.195 e. The predicted octanol–water partition coefficient (Wildman–Crippen LogP) is 5.51. The fraction of sp³-hybridized carbons (Fsp3) is 0.368. The van der Waals surface area contributed by atoms with Crippen molar-refractivity contribution < 1.29 is 0 Å². The summed E-state index contributed by atoms with van der Waals surface area (Å²) in [6.45, 7) is 6.39. The highest BCUT2D eigenvalue weighted by molar-refractivity contribution is 7.98. The molecule has 1 aliphatic rings. The first kappa shape index (κ1) is 17.3. The van der Waals surface area contributed by atoms with Crippen molar-refractivity contribution >= 4 is 29.1 Å². The molecule has 1 aromatic carbocycles. The molecular formula is C19H22ClN3S. The van der Waals surface area contributed by atoms with E-state index in [0.29, 0.717) is 0 Å². The number of hydrogen-bond donors (Lipinski definition) is 0. The van der Waals surface area contributed by atoms with Gasteiger partial charge in [-0.05, 0) is 38.3 Å².